The molecule has 0 saturated heterocycles. The van der Waals surface area contributed by atoms with Crippen LogP contribution in [-0.2, 0) is 29.6 Å². The van der Waals surface area contributed by atoms with Gasteiger partial charge >= 0.3 is 0 Å². The Morgan fingerprint density at radius 2 is 2.25 bits per heavy atom. The van der Waals surface area contributed by atoms with E-state index < -0.39 is 10.0 Å². The van der Waals surface area contributed by atoms with Gasteiger partial charge in [0.05, 0.1) is 6.61 Å². The average Bonchev–Trinajstić information content (AvgIpc) is 3.02. The summed E-state index contributed by atoms with van der Waals surface area (Å²) in [6.45, 7) is 3.57. The third-order valence-electron chi connectivity index (χ3n) is 3.09. The predicted molar refractivity (Wildman–Crippen MR) is 77.0 cm³/mol. The van der Waals surface area contributed by atoms with Gasteiger partial charge in [-0.2, -0.15) is 5.10 Å². The Labute approximate surface area is 121 Å². The van der Waals surface area contributed by atoms with E-state index in [4.69, 9.17) is 0 Å². The lowest BCUT2D eigenvalue weighted by Gasteiger charge is -2.06. The first-order chi connectivity index (χ1) is 9.49. The van der Waals surface area contributed by atoms with Gasteiger partial charge in [-0.25, -0.2) is 13.1 Å². The molecule has 0 amide bonds. The standard InChI is InChI=1S/C12H17N3O3S2/c1-3-9-4-5-19-11(9)6-13-20(17,18)12-10(7-16)8(2)14-15-12/h4-5,13,16H,3,6-7H2,1-2H3,(H,14,15). The van der Waals surface area contributed by atoms with Crippen molar-refractivity contribution < 1.29 is 13.5 Å². The number of hydrogen-bond donors (Lipinski definition) is 3. The lowest BCUT2D eigenvalue weighted by Crippen LogP contribution is -2.24. The van der Waals surface area contributed by atoms with E-state index in [1.807, 2.05) is 18.4 Å². The van der Waals surface area contributed by atoms with Crippen LogP contribution in [0.4, 0.5) is 0 Å². The fourth-order valence-corrected chi connectivity index (χ4v) is 4.09. The van der Waals surface area contributed by atoms with Crippen LogP contribution >= 0.6 is 11.3 Å². The molecule has 0 radical (unpaired) electrons. The van der Waals surface area contributed by atoms with Gasteiger partial charge in [-0.3, -0.25) is 5.10 Å². The lowest BCUT2D eigenvalue weighted by molar-refractivity contribution is 0.277. The summed E-state index contributed by atoms with van der Waals surface area (Å²) in [5, 5.41) is 17.4. The fourth-order valence-electron chi connectivity index (χ4n) is 1.90. The monoisotopic (exact) mass is 315 g/mol. The summed E-state index contributed by atoms with van der Waals surface area (Å²) in [5.41, 5.74) is 2.00. The zero-order chi connectivity index (χ0) is 14.8. The highest BCUT2D eigenvalue weighted by Gasteiger charge is 2.23. The third-order valence-corrected chi connectivity index (χ3v) is 5.42. The Hall–Kier alpha value is -1.22. The molecule has 0 atom stereocenters. The molecule has 2 heterocycles. The SMILES string of the molecule is CCc1ccsc1CNS(=O)(=O)c1n[nH]c(C)c1CO. The van der Waals surface area contributed by atoms with Crippen molar-refractivity contribution in [2.45, 2.75) is 38.4 Å². The Bertz CT molecular complexity index is 689. The fraction of sp³-hybridized carbons (Fsp3) is 0.417. The highest BCUT2D eigenvalue weighted by Crippen LogP contribution is 2.19. The van der Waals surface area contributed by atoms with Crippen LogP contribution in [0.15, 0.2) is 16.5 Å². The molecule has 0 unspecified atom stereocenters. The first-order valence-corrected chi connectivity index (χ1v) is 8.55. The van der Waals surface area contributed by atoms with Gasteiger partial charge in [-0.05, 0) is 30.4 Å². The van der Waals surface area contributed by atoms with E-state index in [0.717, 1.165) is 16.9 Å². The van der Waals surface area contributed by atoms with E-state index in [-0.39, 0.29) is 18.2 Å². The van der Waals surface area contributed by atoms with Crippen LogP contribution in [0.3, 0.4) is 0 Å². The van der Waals surface area contributed by atoms with Gasteiger partial charge in [0.2, 0.25) is 0 Å². The van der Waals surface area contributed by atoms with Gasteiger partial charge in [0.1, 0.15) is 0 Å². The number of nitrogens with one attached hydrogen (secondary N) is 2. The van der Waals surface area contributed by atoms with Crippen molar-refractivity contribution in [3.05, 3.63) is 33.1 Å². The third kappa shape index (κ3) is 2.93. The zero-order valence-corrected chi connectivity index (χ0v) is 12.9. The van der Waals surface area contributed by atoms with Gasteiger partial charge < -0.3 is 5.11 Å². The maximum absolute atomic E-state index is 12.2. The largest absolute Gasteiger partial charge is 0.392 e. The molecule has 2 aromatic heterocycles. The van der Waals surface area contributed by atoms with Gasteiger partial charge in [-0.1, -0.05) is 6.92 Å². The molecule has 6 nitrogen and oxygen atoms in total. The van der Waals surface area contributed by atoms with E-state index in [9.17, 15) is 13.5 Å². The van der Waals surface area contributed by atoms with Crippen molar-refractivity contribution in [3.63, 3.8) is 0 Å². The molecule has 0 aliphatic carbocycles. The van der Waals surface area contributed by atoms with Crippen molar-refractivity contribution in [2.24, 2.45) is 0 Å². The van der Waals surface area contributed by atoms with Crippen LogP contribution in [0.2, 0.25) is 0 Å². The Morgan fingerprint density at radius 1 is 1.50 bits per heavy atom. The van der Waals surface area contributed by atoms with E-state index in [2.05, 4.69) is 14.9 Å². The highest BCUT2D eigenvalue weighted by atomic mass is 32.2. The Balaban J connectivity index is 2.19. The molecule has 0 spiro atoms. The van der Waals surface area contributed by atoms with Gasteiger partial charge in [0.15, 0.2) is 5.03 Å². The van der Waals surface area contributed by atoms with Crippen LogP contribution in [0.5, 0.6) is 0 Å². The summed E-state index contributed by atoms with van der Waals surface area (Å²) in [6.07, 6.45) is 0.865. The zero-order valence-electron chi connectivity index (χ0n) is 11.3. The maximum Gasteiger partial charge on any atom is 0.260 e. The molecular formula is C12H17N3O3S2. The van der Waals surface area contributed by atoms with Crippen LogP contribution in [0.1, 0.15) is 28.6 Å². The number of nitrogens with zero attached hydrogens (tertiary/aromatic N) is 1. The van der Waals surface area contributed by atoms with E-state index in [0.29, 0.717) is 11.3 Å². The quantitative estimate of drug-likeness (QED) is 0.749. The van der Waals surface area contributed by atoms with Gasteiger partial charge in [0, 0.05) is 22.7 Å². The molecule has 0 aliphatic heterocycles. The molecule has 20 heavy (non-hydrogen) atoms. The summed E-state index contributed by atoms with van der Waals surface area (Å²) in [7, 11) is -3.73. The summed E-state index contributed by atoms with van der Waals surface area (Å²) in [5.74, 6) is 0. The predicted octanol–water partition coefficient (Wildman–Crippen LogP) is 1.31. The van der Waals surface area contributed by atoms with E-state index in [1.165, 1.54) is 11.3 Å². The number of H-pyrrole nitrogens is 1. The number of aryl methyl sites for hydroxylation is 2. The second-order valence-electron chi connectivity index (χ2n) is 4.34. The summed E-state index contributed by atoms with van der Waals surface area (Å²) in [4.78, 5) is 0.994. The van der Waals surface area contributed by atoms with Gasteiger partial charge in [0.25, 0.3) is 10.0 Å². The van der Waals surface area contributed by atoms with Crippen molar-refractivity contribution in [2.75, 3.05) is 0 Å². The second-order valence-corrected chi connectivity index (χ2v) is 7.02. The molecule has 2 aromatic rings. The Kier molecular flexibility index (Phi) is 4.59. The maximum atomic E-state index is 12.2. The minimum absolute atomic E-state index is 0.132. The molecular weight excluding hydrogens is 298 g/mol. The summed E-state index contributed by atoms with van der Waals surface area (Å²) in [6, 6.07) is 1.99. The summed E-state index contributed by atoms with van der Waals surface area (Å²) >= 11 is 1.52. The van der Waals surface area contributed by atoms with E-state index in [1.54, 1.807) is 6.92 Å². The van der Waals surface area contributed by atoms with Crippen LogP contribution in [0, 0.1) is 6.92 Å². The molecule has 0 bridgehead atoms. The van der Waals surface area contributed by atoms with Crippen molar-refractivity contribution in [1.82, 2.24) is 14.9 Å². The number of aromatic amines is 1. The molecule has 8 heteroatoms. The molecule has 110 valence electrons. The van der Waals surface area contributed by atoms with Gasteiger partial charge in [-0.15, -0.1) is 11.3 Å². The van der Waals surface area contributed by atoms with Crippen LogP contribution < -0.4 is 4.72 Å². The topological polar surface area (TPSA) is 95.1 Å². The molecule has 0 fully saturated rings. The Morgan fingerprint density at radius 3 is 2.90 bits per heavy atom. The summed E-state index contributed by atoms with van der Waals surface area (Å²) < 4.78 is 27.0. The number of aromatic nitrogens is 2. The van der Waals surface area contributed by atoms with Crippen molar-refractivity contribution in [3.8, 4) is 0 Å². The number of aliphatic hydroxyl groups excluding tert-OH is 1. The van der Waals surface area contributed by atoms with E-state index >= 15 is 0 Å². The van der Waals surface area contributed by atoms with Crippen molar-refractivity contribution in [1.29, 1.82) is 0 Å². The average molecular weight is 315 g/mol. The number of sulfonamides is 1. The smallest absolute Gasteiger partial charge is 0.260 e. The molecule has 0 saturated carbocycles. The minimum Gasteiger partial charge on any atom is -0.392 e. The van der Waals surface area contributed by atoms with Crippen LogP contribution in [0.25, 0.3) is 0 Å². The first-order valence-electron chi connectivity index (χ1n) is 6.19. The lowest BCUT2D eigenvalue weighted by atomic mass is 10.2. The molecule has 2 rings (SSSR count). The minimum atomic E-state index is -3.73. The molecule has 0 aromatic carbocycles. The molecule has 3 N–H and O–H groups in total. The first kappa shape index (κ1) is 15.2. The number of hydrogen-bond acceptors (Lipinski definition) is 5. The second kappa shape index (κ2) is 6.04. The number of aliphatic hydroxyl groups is 1. The highest BCUT2D eigenvalue weighted by molar-refractivity contribution is 7.89. The number of thiophene rings is 1. The van der Waals surface area contributed by atoms with Crippen LogP contribution in [-0.4, -0.2) is 23.7 Å². The normalized spacial score (nSPS) is 11.9. The van der Waals surface area contributed by atoms with Crippen molar-refractivity contribution >= 4 is 21.4 Å². The number of rotatable bonds is 6. The molecule has 0 aliphatic rings.